The van der Waals surface area contributed by atoms with Crippen LogP contribution in [0.25, 0.3) is 10.8 Å². The lowest BCUT2D eigenvalue weighted by atomic mass is 9.97. The van der Waals surface area contributed by atoms with Gasteiger partial charge in [-0.15, -0.1) is 0 Å². The van der Waals surface area contributed by atoms with Crippen LogP contribution in [0.1, 0.15) is 19.4 Å². The smallest absolute Gasteiger partial charge is 0.00612 e. The largest absolute Gasteiger partial charge is 0.0622 e. The molecule has 0 aliphatic carbocycles. The highest BCUT2D eigenvalue weighted by molar-refractivity contribution is 5.86. The van der Waals surface area contributed by atoms with Crippen LogP contribution in [0.4, 0.5) is 0 Å². The van der Waals surface area contributed by atoms with Gasteiger partial charge in [0.15, 0.2) is 0 Å². The quantitative estimate of drug-likeness (QED) is 0.659. The van der Waals surface area contributed by atoms with E-state index in [2.05, 4.69) is 62.7 Å². The van der Waals surface area contributed by atoms with Crippen LogP contribution in [-0.2, 0) is 0 Å². The summed E-state index contributed by atoms with van der Waals surface area (Å²) >= 11 is 0. The van der Waals surface area contributed by atoms with Gasteiger partial charge in [0.05, 0.1) is 0 Å². The molecule has 2 rings (SSSR count). The van der Waals surface area contributed by atoms with Crippen LogP contribution in [-0.4, -0.2) is 0 Å². The molecule has 0 nitrogen and oxygen atoms in total. The van der Waals surface area contributed by atoms with Gasteiger partial charge < -0.3 is 0 Å². The molecule has 0 saturated heterocycles. The third-order valence-corrected chi connectivity index (χ3v) is 2.34. The minimum Gasteiger partial charge on any atom is -0.0622 e. The summed E-state index contributed by atoms with van der Waals surface area (Å²) in [5, 5.41) is 2.67. The normalized spacial score (nSPS) is 11.1. The monoisotopic (exact) mass is 183 g/mol. The molecule has 0 aliphatic heterocycles. The molecule has 0 heteroatoms. The van der Waals surface area contributed by atoms with E-state index in [0.29, 0.717) is 5.92 Å². The van der Waals surface area contributed by atoms with Gasteiger partial charge in [0.1, 0.15) is 0 Å². The second-order valence-corrected chi connectivity index (χ2v) is 3.98. The zero-order valence-corrected chi connectivity index (χ0v) is 8.70. The van der Waals surface area contributed by atoms with Gasteiger partial charge in [-0.3, -0.25) is 0 Å². The Morgan fingerprint density at radius 1 is 0.929 bits per heavy atom. The highest BCUT2D eigenvalue weighted by Crippen LogP contribution is 2.22. The van der Waals surface area contributed by atoms with Crippen molar-refractivity contribution < 1.29 is 0 Å². The maximum absolute atomic E-state index is 2.31. The van der Waals surface area contributed by atoms with Crippen LogP contribution in [0.15, 0.2) is 42.5 Å². The second kappa shape index (κ2) is 3.83. The zero-order chi connectivity index (χ0) is 9.97. The molecule has 0 fully saturated rings. The zero-order valence-electron chi connectivity index (χ0n) is 8.70. The third kappa shape index (κ3) is 1.79. The second-order valence-electron chi connectivity index (χ2n) is 3.98. The number of fused-ring (bicyclic) bond motifs is 1. The van der Waals surface area contributed by atoms with Gasteiger partial charge in [-0.1, -0.05) is 56.3 Å². The summed E-state index contributed by atoms with van der Waals surface area (Å²) in [7, 11) is 0. The molecule has 0 heterocycles. The molecule has 0 aliphatic rings. The fourth-order valence-electron chi connectivity index (χ4n) is 1.75. The number of rotatable bonds is 2. The van der Waals surface area contributed by atoms with Crippen molar-refractivity contribution in [3.8, 4) is 0 Å². The van der Waals surface area contributed by atoms with Crippen molar-refractivity contribution in [1.29, 1.82) is 0 Å². The van der Waals surface area contributed by atoms with E-state index < -0.39 is 0 Å². The first kappa shape index (κ1) is 9.26. The minimum absolute atomic E-state index is 0.598. The molecule has 1 radical (unpaired) electrons. The minimum atomic E-state index is 0.598. The summed E-state index contributed by atoms with van der Waals surface area (Å²) in [5.74, 6) is 0.598. The van der Waals surface area contributed by atoms with Crippen LogP contribution < -0.4 is 0 Å². The molecular formula is C14H15. The molecule has 0 bridgehead atoms. The molecule has 0 atom stereocenters. The summed E-state index contributed by atoms with van der Waals surface area (Å²) in [6, 6.07) is 15.0. The average Bonchev–Trinajstić information content (AvgIpc) is 2.18. The van der Waals surface area contributed by atoms with E-state index >= 15 is 0 Å². The molecule has 0 saturated carbocycles. The Morgan fingerprint density at radius 2 is 1.64 bits per heavy atom. The van der Waals surface area contributed by atoms with Crippen molar-refractivity contribution in [2.45, 2.75) is 13.8 Å². The number of benzene rings is 2. The average molecular weight is 183 g/mol. The van der Waals surface area contributed by atoms with Crippen LogP contribution in [0.3, 0.4) is 0 Å². The predicted molar refractivity (Wildman–Crippen MR) is 62.2 cm³/mol. The highest BCUT2D eigenvalue weighted by Gasteiger charge is 2.02. The van der Waals surface area contributed by atoms with Gasteiger partial charge in [-0.2, -0.15) is 0 Å². The summed E-state index contributed by atoms with van der Waals surface area (Å²) in [6.45, 7) is 4.42. The van der Waals surface area contributed by atoms with Gasteiger partial charge in [-0.05, 0) is 28.7 Å². The first-order valence-corrected chi connectivity index (χ1v) is 5.10. The summed E-state index contributed by atoms with van der Waals surface area (Å²) in [4.78, 5) is 0. The number of hydrogen-bond acceptors (Lipinski definition) is 0. The van der Waals surface area contributed by atoms with E-state index in [1.165, 1.54) is 16.3 Å². The van der Waals surface area contributed by atoms with Crippen LogP contribution in [0.2, 0.25) is 0 Å². The summed E-state index contributed by atoms with van der Waals surface area (Å²) in [6.07, 6.45) is 2.31. The maximum atomic E-state index is 2.31. The number of hydrogen-bond donors (Lipinski definition) is 0. The van der Waals surface area contributed by atoms with Crippen LogP contribution >= 0.6 is 0 Å². The molecule has 0 N–H and O–H groups in total. The molecule has 71 valence electrons. The molecule has 2 aromatic rings. The summed E-state index contributed by atoms with van der Waals surface area (Å²) in [5.41, 5.74) is 1.35. The fraction of sp³-hybridized carbons (Fsp3) is 0.214. The first-order valence-electron chi connectivity index (χ1n) is 5.10. The SMILES string of the molecule is CC(C)[CH]c1cccc2ccccc12. The molecule has 2 aromatic carbocycles. The maximum Gasteiger partial charge on any atom is -0.00612 e. The van der Waals surface area contributed by atoms with Gasteiger partial charge >= 0.3 is 0 Å². The van der Waals surface area contributed by atoms with E-state index in [0.717, 1.165) is 0 Å². The Kier molecular flexibility index (Phi) is 2.53. The van der Waals surface area contributed by atoms with Gasteiger partial charge in [0, 0.05) is 0 Å². The van der Waals surface area contributed by atoms with Crippen LogP contribution in [0.5, 0.6) is 0 Å². The molecule has 0 unspecified atom stereocenters. The Balaban J connectivity index is 2.53. The summed E-state index contributed by atoms with van der Waals surface area (Å²) < 4.78 is 0. The molecule has 0 amide bonds. The van der Waals surface area contributed by atoms with Crippen molar-refractivity contribution >= 4 is 10.8 Å². The van der Waals surface area contributed by atoms with E-state index in [9.17, 15) is 0 Å². The Morgan fingerprint density at radius 3 is 2.43 bits per heavy atom. The van der Waals surface area contributed by atoms with Crippen LogP contribution in [0, 0.1) is 12.3 Å². The Bertz CT molecular complexity index is 421. The van der Waals surface area contributed by atoms with Crippen molar-refractivity contribution in [2.24, 2.45) is 5.92 Å². The van der Waals surface area contributed by atoms with Crippen molar-refractivity contribution in [1.82, 2.24) is 0 Å². The lowest BCUT2D eigenvalue weighted by Crippen LogP contribution is -1.91. The van der Waals surface area contributed by atoms with E-state index in [4.69, 9.17) is 0 Å². The van der Waals surface area contributed by atoms with Crippen molar-refractivity contribution in [3.63, 3.8) is 0 Å². The highest BCUT2D eigenvalue weighted by atomic mass is 14.1. The first-order chi connectivity index (χ1) is 6.77. The lowest BCUT2D eigenvalue weighted by molar-refractivity contribution is 0.778. The molecule has 0 aromatic heterocycles. The molecular weight excluding hydrogens is 168 g/mol. The Labute approximate surface area is 85.6 Å². The van der Waals surface area contributed by atoms with E-state index in [1.54, 1.807) is 0 Å². The molecule has 0 spiro atoms. The van der Waals surface area contributed by atoms with Crippen molar-refractivity contribution in [2.75, 3.05) is 0 Å². The van der Waals surface area contributed by atoms with Gasteiger partial charge in [0.2, 0.25) is 0 Å². The topological polar surface area (TPSA) is 0 Å². The fourth-order valence-corrected chi connectivity index (χ4v) is 1.75. The molecule has 14 heavy (non-hydrogen) atoms. The third-order valence-electron chi connectivity index (χ3n) is 2.34. The van der Waals surface area contributed by atoms with Crippen molar-refractivity contribution in [3.05, 3.63) is 54.4 Å². The van der Waals surface area contributed by atoms with E-state index in [-0.39, 0.29) is 0 Å². The lowest BCUT2D eigenvalue weighted by Gasteiger charge is -2.07. The van der Waals surface area contributed by atoms with Gasteiger partial charge in [-0.25, -0.2) is 0 Å². The van der Waals surface area contributed by atoms with E-state index in [1.807, 2.05) is 0 Å². The predicted octanol–water partition coefficient (Wildman–Crippen LogP) is 4.05. The standard InChI is InChI=1S/C14H15/c1-11(2)10-13-8-5-7-12-6-3-4-9-14(12)13/h3-11H,1-2H3. The Hall–Kier alpha value is -1.30. The van der Waals surface area contributed by atoms with Gasteiger partial charge in [0.25, 0.3) is 0 Å².